The molecule has 1 aliphatic rings. The van der Waals surface area contributed by atoms with Gasteiger partial charge in [0.2, 0.25) is 11.8 Å². The summed E-state index contributed by atoms with van der Waals surface area (Å²) in [5, 5.41) is 3.86. The van der Waals surface area contributed by atoms with E-state index in [1.54, 1.807) is 17.0 Å². The van der Waals surface area contributed by atoms with Crippen molar-refractivity contribution in [3.63, 3.8) is 0 Å². The molecule has 1 heterocycles. The molecule has 2 amide bonds. The van der Waals surface area contributed by atoms with Crippen LogP contribution in [0, 0.1) is 0 Å². The number of carbonyl (C=O) groups excluding carboxylic acids is 2. The Labute approximate surface area is 156 Å². The van der Waals surface area contributed by atoms with Crippen molar-refractivity contribution >= 4 is 46.4 Å². The number of benzene rings is 2. The first-order valence-corrected chi connectivity index (χ1v) is 8.93. The molecule has 2 aromatic carbocycles. The second-order valence-electron chi connectivity index (χ2n) is 5.99. The highest BCUT2D eigenvalue weighted by atomic mass is 35.5. The topological polar surface area (TPSA) is 49.4 Å². The highest BCUT2D eigenvalue weighted by Gasteiger charge is 2.21. The van der Waals surface area contributed by atoms with E-state index >= 15 is 0 Å². The van der Waals surface area contributed by atoms with E-state index in [4.69, 9.17) is 23.2 Å². The predicted octanol–water partition coefficient (Wildman–Crippen LogP) is 4.69. The molecule has 1 aliphatic heterocycles. The maximum atomic E-state index is 12.1. The Morgan fingerprint density at radius 2 is 1.84 bits per heavy atom. The van der Waals surface area contributed by atoms with Crippen molar-refractivity contribution in [1.82, 2.24) is 0 Å². The number of rotatable bonds is 5. The Kier molecular flexibility index (Phi) is 5.61. The maximum absolute atomic E-state index is 12.1. The molecule has 0 aliphatic carbocycles. The summed E-state index contributed by atoms with van der Waals surface area (Å²) in [7, 11) is 0. The monoisotopic (exact) mass is 376 g/mol. The molecule has 25 heavy (non-hydrogen) atoms. The lowest BCUT2D eigenvalue weighted by Gasteiger charge is -2.16. The number of hydrogen-bond donors (Lipinski definition) is 1. The Morgan fingerprint density at radius 3 is 2.48 bits per heavy atom. The second kappa shape index (κ2) is 7.89. The first-order valence-electron chi connectivity index (χ1n) is 8.17. The predicted molar refractivity (Wildman–Crippen MR) is 101 cm³/mol. The average molecular weight is 377 g/mol. The molecule has 6 heteroatoms. The Morgan fingerprint density at radius 1 is 1.08 bits per heavy atom. The quantitative estimate of drug-likeness (QED) is 0.822. The van der Waals surface area contributed by atoms with Crippen LogP contribution in [0.5, 0.6) is 0 Å². The van der Waals surface area contributed by atoms with Crippen LogP contribution < -0.4 is 10.2 Å². The molecule has 0 unspecified atom stereocenters. The van der Waals surface area contributed by atoms with E-state index in [0.717, 1.165) is 29.9 Å². The summed E-state index contributed by atoms with van der Waals surface area (Å²) in [5.41, 5.74) is 2.55. The molecular formula is C19H18Cl2N2O2. The van der Waals surface area contributed by atoms with Crippen LogP contribution in [0.15, 0.2) is 42.5 Å². The molecule has 1 N–H and O–H groups in total. The molecule has 0 atom stereocenters. The molecule has 130 valence electrons. The van der Waals surface area contributed by atoms with Crippen molar-refractivity contribution in [2.24, 2.45) is 0 Å². The zero-order valence-corrected chi connectivity index (χ0v) is 15.1. The van der Waals surface area contributed by atoms with Gasteiger partial charge in [0.05, 0.1) is 10.0 Å². The lowest BCUT2D eigenvalue weighted by Crippen LogP contribution is -2.23. The van der Waals surface area contributed by atoms with Crippen LogP contribution in [0.3, 0.4) is 0 Å². The summed E-state index contributed by atoms with van der Waals surface area (Å²) >= 11 is 11.9. The zero-order valence-electron chi connectivity index (χ0n) is 13.6. The van der Waals surface area contributed by atoms with Crippen molar-refractivity contribution < 1.29 is 9.59 Å². The van der Waals surface area contributed by atoms with E-state index in [2.05, 4.69) is 5.32 Å². The van der Waals surface area contributed by atoms with Gasteiger partial charge in [0.15, 0.2) is 0 Å². The molecule has 0 saturated carbocycles. The van der Waals surface area contributed by atoms with Crippen LogP contribution in [0.25, 0.3) is 0 Å². The normalized spacial score (nSPS) is 14.0. The van der Waals surface area contributed by atoms with E-state index in [9.17, 15) is 9.59 Å². The number of anilines is 2. The number of amides is 2. The van der Waals surface area contributed by atoms with E-state index in [1.165, 1.54) is 0 Å². The molecule has 4 nitrogen and oxygen atoms in total. The van der Waals surface area contributed by atoms with Crippen LogP contribution in [0.4, 0.5) is 11.4 Å². The van der Waals surface area contributed by atoms with Crippen molar-refractivity contribution in [1.29, 1.82) is 0 Å². The number of aryl methyl sites for hydroxylation is 1. The first kappa shape index (κ1) is 17.8. The summed E-state index contributed by atoms with van der Waals surface area (Å²) in [6, 6.07) is 12.7. The van der Waals surface area contributed by atoms with Crippen LogP contribution in [0.1, 0.15) is 24.8 Å². The fourth-order valence-electron chi connectivity index (χ4n) is 2.82. The molecular weight excluding hydrogens is 359 g/mol. The van der Waals surface area contributed by atoms with Crippen LogP contribution in [0.2, 0.25) is 10.0 Å². The van der Waals surface area contributed by atoms with Gasteiger partial charge in [-0.05, 0) is 54.8 Å². The molecule has 0 radical (unpaired) electrons. The molecule has 1 fully saturated rings. The molecule has 3 rings (SSSR count). The number of carbonyl (C=O) groups is 2. The molecule has 2 aromatic rings. The van der Waals surface area contributed by atoms with Crippen molar-refractivity contribution in [2.45, 2.75) is 25.7 Å². The van der Waals surface area contributed by atoms with E-state index in [-0.39, 0.29) is 11.8 Å². The smallest absolute Gasteiger partial charge is 0.227 e. The Balaban J connectivity index is 1.54. The summed E-state index contributed by atoms with van der Waals surface area (Å²) in [6.45, 7) is 0.758. The van der Waals surface area contributed by atoms with E-state index < -0.39 is 0 Å². The van der Waals surface area contributed by atoms with Crippen molar-refractivity contribution in [2.75, 3.05) is 16.8 Å². The Hall–Kier alpha value is -2.04. The lowest BCUT2D eigenvalue weighted by molar-refractivity contribution is -0.117. The second-order valence-corrected chi connectivity index (χ2v) is 6.81. The number of nitrogens with one attached hydrogen (secondary N) is 1. The van der Waals surface area contributed by atoms with Gasteiger partial charge in [0.25, 0.3) is 0 Å². The Bertz CT molecular complexity index is 791. The minimum absolute atomic E-state index is 0.0731. The summed E-state index contributed by atoms with van der Waals surface area (Å²) in [5.74, 6) is 0.0782. The third-order valence-electron chi connectivity index (χ3n) is 4.16. The third-order valence-corrected chi connectivity index (χ3v) is 4.90. The summed E-state index contributed by atoms with van der Waals surface area (Å²) in [6.07, 6.45) is 2.44. The van der Waals surface area contributed by atoms with Gasteiger partial charge in [-0.2, -0.15) is 0 Å². The lowest BCUT2D eigenvalue weighted by atomic mass is 10.1. The first-order chi connectivity index (χ1) is 12.0. The standard InChI is InChI=1S/C19H18Cl2N2O2/c20-16-9-3-13(12-17(16)21)4-10-18(24)22-14-5-7-15(8-6-14)23-11-1-2-19(23)25/h3,5-9,12H,1-2,4,10-11H2,(H,22,24). The minimum Gasteiger partial charge on any atom is -0.326 e. The van der Waals surface area contributed by atoms with Gasteiger partial charge in [-0.3, -0.25) is 9.59 Å². The molecule has 0 aromatic heterocycles. The van der Waals surface area contributed by atoms with E-state index in [1.807, 2.05) is 30.3 Å². The molecule has 0 spiro atoms. The highest BCUT2D eigenvalue weighted by molar-refractivity contribution is 6.42. The van der Waals surface area contributed by atoms with Crippen LogP contribution in [-0.2, 0) is 16.0 Å². The highest BCUT2D eigenvalue weighted by Crippen LogP contribution is 2.24. The summed E-state index contributed by atoms with van der Waals surface area (Å²) < 4.78 is 0. The van der Waals surface area contributed by atoms with Gasteiger partial charge in [0, 0.05) is 30.8 Å². The van der Waals surface area contributed by atoms with Crippen LogP contribution in [-0.4, -0.2) is 18.4 Å². The van der Waals surface area contributed by atoms with Crippen molar-refractivity contribution in [3.05, 3.63) is 58.1 Å². The van der Waals surface area contributed by atoms with E-state index in [0.29, 0.717) is 29.3 Å². The number of nitrogens with zero attached hydrogens (tertiary/aromatic N) is 1. The SMILES string of the molecule is O=C(CCc1ccc(Cl)c(Cl)c1)Nc1ccc(N2CCCC2=O)cc1. The molecule has 1 saturated heterocycles. The van der Waals surface area contributed by atoms with Gasteiger partial charge in [-0.15, -0.1) is 0 Å². The maximum Gasteiger partial charge on any atom is 0.227 e. The largest absolute Gasteiger partial charge is 0.326 e. The summed E-state index contributed by atoms with van der Waals surface area (Å²) in [4.78, 5) is 25.6. The van der Waals surface area contributed by atoms with Gasteiger partial charge in [-0.1, -0.05) is 29.3 Å². The fourth-order valence-corrected chi connectivity index (χ4v) is 3.14. The minimum atomic E-state index is -0.0731. The average Bonchev–Trinajstić information content (AvgIpc) is 3.03. The fraction of sp³-hybridized carbons (Fsp3) is 0.263. The van der Waals surface area contributed by atoms with Gasteiger partial charge < -0.3 is 10.2 Å². The molecule has 0 bridgehead atoms. The number of hydrogen-bond acceptors (Lipinski definition) is 2. The zero-order chi connectivity index (χ0) is 17.8. The van der Waals surface area contributed by atoms with Crippen molar-refractivity contribution in [3.8, 4) is 0 Å². The number of halogens is 2. The van der Waals surface area contributed by atoms with Crippen LogP contribution >= 0.6 is 23.2 Å². The third kappa shape index (κ3) is 4.53. The van der Waals surface area contributed by atoms with Gasteiger partial charge in [0.1, 0.15) is 0 Å². The van der Waals surface area contributed by atoms with Gasteiger partial charge >= 0.3 is 0 Å². The van der Waals surface area contributed by atoms with Gasteiger partial charge in [-0.25, -0.2) is 0 Å².